The van der Waals surface area contributed by atoms with Crippen LogP contribution in [0.4, 0.5) is 37.7 Å². The summed E-state index contributed by atoms with van der Waals surface area (Å²) in [6.07, 6.45) is 0.970. The molecule has 2 amide bonds. The van der Waals surface area contributed by atoms with Crippen LogP contribution in [0, 0.1) is 30.1 Å². The molecule has 0 aromatic heterocycles. The molecule has 3 N–H and O–H groups in total. The minimum absolute atomic E-state index is 0. The first kappa shape index (κ1) is 60.0. The van der Waals surface area contributed by atoms with Crippen LogP contribution in [0.3, 0.4) is 0 Å². The third-order valence-electron chi connectivity index (χ3n) is 16.2. The second-order valence-corrected chi connectivity index (χ2v) is 23.4. The van der Waals surface area contributed by atoms with Crippen LogP contribution >= 0.6 is 40.4 Å². The minimum atomic E-state index is -5.04. The number of ether oxygens (including phenoxy) is 1. The highest BCUT2D eigenvalue weighted by Gasteiger charge is 2.55. The molecule has 2 atom stereocenters. The average molecular weight is 1160 g/mol. The lowest BCUT2D eigenvalue weighted by molar-refractivity contribution is -0.143. The quantitative estimate of drug-likeness (QED) is 0.0628. The van der Waals surface area contributed by atoms with E-state index in [-0.39, 0.29) is 64.0 Å². The van der Waals surface area contributed by atoms with E-state index in [1.54, 1.807) is 33.8 Å². The number of rotatable bonds is 14. The number of alkyl halides is 7. The fraction of sp³-hybridized carbons (Fsp3) is 0.642. The lowest BCUT2D eigenvalue weighted by Crippen LogP contribution is -2.58. The Balaban J connectivity index is 0.00000914. The summed E-state index contributed by atoms with van der Waals surface area (Å²) in [6.45, 7) is 13.7. The SMILES string of the molecule is Cc1c(N2C(=O)C(C)(C)N(C3CCC(CCCBr)CC3)C2=S)ccc(C(=O)OC(=O)CN2[C@H](C)CN(CCCC3CCC(N4C(=S)N(c5ccc(C#N)c(C(F)(F)F)c5)C(=O)C4(C)C)CC3)C[C@@H]2C)c1C(F)(F)F.N. The van der Waals surface area contributed by atoms with Gasteiger partial charge in [-0.25, -0.2) is 4.79 Å². The van der Waals surface area contributed by atoms with Gasteiger partial charge in [-0.3, -0.25) is 29.1 Å². The molecule has 3 aliphatic heterocycles. The van der Waals surface area contributed by atoms with Crippen molar-refractivity contribution in [1.82, 2.24) is 25.8 Å². The first-order valence-electron chi connectivity index (χ1n) is 25.6. The monoisotopic (exact) mass is 1150 g/mol. The smallest absolute Gasteiger partial charge is 0.388 e. The summed E-state index contributed by atoms with van der Waals surface area (Å²) < 4.78 is 91.5. The molecule has 75 heavy (non-hydrogen) atoms. The predicted molar refractivity (Wildman–Crippen MR) is 286 cm³/mol. The molecule has 13 nitrogen and oxygen atoms in total. The summed E-state index contributed by atoms with van der Waals surface area (Å²) in [5.74, 6) is -2.33. The Morgan fingerprint density at radius 2 is 1.28 bits per heavy atom. The number of hydrogen-bond donors (Lipinski definition) is 1. The number of benzene rings is 2. The number of thiocarbonyl (C=S) groups is 2. The first-order chi connectivity index (χ1) is 34.6. The van der Waals surface area contributed by atoms with Gasteiger partial charge in [-0.05, 0) is 204 Å². The summed E-state index contributed by atoms with van der Waals surface area (Å²) in [5, 5.41) is 10.5. The zero-order valence-corrected chi connectivity index (χ0v) is 46.9. The summed E-state index contributed by atoms with van der Waals surface area (Å²) in [4.78, 5) is 64.8. The molecule has 3 saturated heterocycles. The van der Waals surface area contributed by atoms with Crippen molar-refractivity contribution in [2.24, 2.45) is 11.8 Å². The average Bonchev–Trinajstić information content (AvgIpc) is 3.62. The second-order valence-electron chi connectivity index (χ2n) is 21.9. The molecule has 2 saturated carbocycles. The maximum atomic E-state index is 15.0. The predicted octanol–water partition coefficient (Wildman–Crippen LogP) is 11.3. The van der Waals surface area contributed by atoms with E-state index >= 15 is 0 Å². The van der Waals surface area contributed by atoms with Gasteiger partial charge in [0.1, 0.15) is 11.1 Å². The third-order valence-corrected chi connectivity index (χ3v) is 17.5. The van der Waals surface area contributed by atoms with E-state index in [0.29, 0.717) is 24.9 Å². The van der Waals surface area contributed by atoms with Crippen molar-refractivity contribution in [1.29, 1.82) is 5.26 Å². The maximum Gasteiger partial charge on any atom is 0.417 e. The molecule has 0 spiro atoms. The first-order valence-corrected chi connectivity index (χ1v) is 27.5. The van der Waals surface area contributed by atoms with E-state index < -0.39 is 69.4 Å². The van der Waals surface area contributed by atoms with Gasteiger partial charge in [0, 0.05) is 42.6 Å². The Kier molecular flexibility index (Phi) is 18.7. The fourth-order valence-corrected chi connectivity index (χ4v) is 13.9. The zero-order valence-electron chi connectivity index (χ0n) is 43.7. The van der Waals surface area contributed by atoms with Crippen molar-refractivity contribution in [3.05, 3.63) is 58.1 Å². The number of carbonyl (C=O) groups is 4. The molecule has 5 aliphatic rings. The van der Waals surface area contributed by atoms with Crippen LogP contribution in [0.5, 0.6) is 0 Å². The number of piperazine rings is 1. The fourth-order valence-electron chi connectivity index (χ4n) is 12.4. The molecule has 22 heteroatoms. The number of esters is 2. The van der Waals surface area contributed by atoms with E-state index in [4.69, 9.17) is 29.2 Å². The van der Waals surface area contributed by atoms with Crippen molar-refractivity contribution in [3.8, 4) is 6.07 Å². The standard InChI is InChI=1S/C53H66BrF6N7O5S2.H3N/c1-31-28-62(25-9-11-35-14-19-37(20-15-35)66-48(73)64(46(70)50(66,4)5)39-21-16-36(27-61)41(26-39)52(55,56)57)29-32(2)63(31)30-43(68)72-45(69)40-22-23-42(33(3)44(40)53(58,59)60)65-47(71)51(6,7)67(49(65)74)38-17-12-34(13-18-38)10-8-24-54;/h16,21-23,26,31-32,34-35,37-38H,8-15,17-20,24-25,28-30H2,1-7H3;1H3/t31-,32+,34?,35?,37?,38?;. The van der Waals surface area contributed by atoms with Gasteiger partial charge in [-0.15, -0.1) is 0 Å². The number of anilines is 2. The van der Waals surface area contributed by atoms with Crippen molar-refractivity contribution in [2.45, 2.75) is 173 Å². The molecule has 0 bridgehead atoms. The molecule has 0 radical (unpaired) electrons. The molecule has 412 valence electrons. The highest BCUT2D eigenvalue weighted by molar-refractivity contribution is 9.09. The van der Waals surface area contributed by atoms with Gasteiger partial charge in [0.2, 0.25) is 0 Å². The van der Waals surface area contributed by atoms with Gasteiger partial charge in [0.05, 0.1) is 46.2 Å². The molecule has 2 aliphatic carbocycles. The van der Waals surface area contributed by atoms with Gasteiger partial charge in [-0.2, -0.15) is 31.6 Å². The normalized spacial score (nSPS) is 25.7. The molecule has 2 aromatic rings. The largest absolute Gasteiger partial charge is 0.417 e. The number of carbonyl (C=O) groups excluding carboxylic acids is 4. The van der Waals surface area contributed by atoms with Crippen molar-refractivity contribution >= 4 is 85.7 Å². The Morgan fingerprint density at radius 1 is 0.773 bits per heavy atom. The Morgan fingerprint density at radius 3 is 1.77 bits per heavy atom. The van der Waals surface area contributed by atoms with Crippen LogP contribution in [0.25, 0.3) is 0 Å². The molecule has 3 heterocycles. The summed E-state index contributed by atoms with van der Waals surface area (Å²) in [5.41, 5.74) is -6.50. The van der Waals surface area contributed by atoms with Crippen molar-refractivity contribution in [2.75, 3.05) is 41.3 Å². The molecule has 7 rings (SSSR count). The van der Waals surface area contributed by atoms with Gasteiger partial charge in [-0.1, -0.05) is 15.9 Å². The van der Waals surface area contributed by atoms with E-state index in [9.17, 15) is 50.8 Å². The lowest BCUT2D eigenvalue weighted by Gasteiger charge is -2.44. The Hall–Kier alpha value is -4.27. The maximum absolute atomic E-state index is 15.0. The van der Waals surface area contributed by atoms with Crippen LogP contribution in [-0.4, -0.2) is 120 Å². The summed E-state index contributed by atoms with van der Waals surface area (Å²) in [7, 11) is 0. The molecule has 0 unspecified atom stereocenters. The van der Waals surface area contributed by atoms with E-state index in [1.165, 1.54) is 19.1 Å². The second kappa shape index (κ2) is 23.4. The molecular weight excluding hydrogens is 1090 g/mol. The van der Waals surface area contributed by atoms with Gasteiger partial charge < -0.3 is 25.6 Å². The number of halogens is 7. The zero-order chi connectivity index (χ0) is 54.4. The Bertz CT molecular complexity index is 2550. The van der Waals surface area contributed by atoms with Crippen molar-refractivity contribution < 1.29 is 50.3 Å². The number of nitriles is 1. The lowest BCUT2D eigenvalue weighted by atomic mass is 9.82. The van der Waals surface area contributed by atoms with Crippen LogP contribution in [0.2, 0.25) is 0 Å². The highest BCUT2D eigenvalue weighted by Crippen LogP contribution is 2.45. The number of hydrogen-bond acceptors (Lipinski definition) is 11. The van der Waals surface area contributed by atoms with Crippen molar-refractivity contribution in [3.63, 3.8) is 0 Å². The number of nitrogens with zero attached hydrogens (tertiary/aromatic N) is 7. The van der Waals surface area contributed by atoms with E-state index in [1.807, 2.05) is 28.5 Å². The van der Waals surface area contributed by atoms with E-state index in [0.717, 1.165) is 117 Å². The van der Waals surface area contributed by atoms with Crippen LogP contribution in [0.15, 0.2) is 30.3 Å². The molecule has 2 aromatic carbocycles. The van der Waals surface area contributed by atoms with Gasteiger partial charge in [0.25, 0.3) is 11.8 Å². The molecule has 5 fully saturated rings. The van der Waals surface area contributed by atoms with Gasteiger partial charge >= 0.3 is 24.3 Å². The third kappa shape index (κ3) is 12.2. The summed E-state index contributed by atoms with van der Waals surface area (Å²) in [6, 6.07) is 6.54. The molecular formula is C53H69BrF6N8O5S2. The van der Waals surface area contributed by atoms with Crippen LogP contribution in [0.1, 0.15) is 151 Å². The topological polar surface area (TPSA) is 156 Å². The van der Waals surface area contributed by atoms with Crippen LogP contribution in [-0.2, 0) is 31.5 Å². The number of amides is 2. The van der Waals surface area contributed by atoms with Gasteiger partial charge in [0.15, 0.2) is 10.2 Å². The minimum Gasteiger partial charge on any atom is -0.388 e. The van der Waals surface area contributed by atoms with E-state index in [2.05, 4.69) is 20.8 Å². The highest BCUT2D eigenvalue weighted by atomic mass is 79.9. The summed E-state index contributed by atoms with van der Waals surface area (Å²) >= 11 is 15.1. The Labute approximate surface area is 455 Å². The van der Waals surface area contributed by atoms with Crippen LogP contribution < -0.4 is 16.0 Å².